The van der Waals surface area contributed by atoms with E-state index in [4.69, 9.17) is 0 Å². The summed E-state index contributed by atoms with van der Waals surface area (Å²) in [5.74, 6) is 0. The largest absolute Gasteiger partial charge is 0.221 e. The summed E-state index contributed by atoms with van der Waals surface area (Å²) in [6.45, 7) is 4.04. The first-order chi connectivity index (χ1) is 7.02. The van der Waals surface area contributed by atoms with Gasteiger partial charge in [-0.1, -0.05) is 0 Å². The van der Waals surface area contributed by atoms with Crippen LogP contribution in [0, 0.1) is 0 Å². The maximum Gasteiger partial charge on any atom is 0.221 e. The molecule has 2 rings (SSSR count). The van der Waals surface area contributed by atoms with Crippen molar-refractivity contribution in [2.45, 2.75) is 13.8 Å². The molecule has 2 aliphatic rings. The van der Waals surface area contributed by atoms with E-state index >= 15 is 0 Å². The highest BCUT2D eigenvalue weighted by atomic mass is 32.2. The van der Waals surface area contributed by atoms with Gasteiger partial charge in [-0.2, -0.15) is 13.0 Å². The second-order valence-corrected chi connectivity index (χ2v) is 4.62. The summed E-state index contributed by atoms with van der Waals surface area (Å²) >= 11 is 0. The predicted octanol–water partition coefficient (Wildman–Crippen LogP) is 0.925. The summed E-state index contributed by atoms with van der Waals surface area (Å²) in [7, 11) is -0.165. The van der Waals surface area contributed by atoms with Gasteiger partial charge < -0.3 is 0 Å². The first-order valence-electron chi connectivity index (χ1n) is 4.67. The standard InChI is InChI=1S/C11H12NO2S/c1-7-8(2)12(3)11-5-4-9(15(13)14)6-10(7)11/h4-6H,1-3H3/q+1. The minimum absolute atomic E-state index is 0.344. The normalized spacial score (nSPS) is 19.7. The molecule has 4 heteroatoms. The molecule has 0 saturated heterocycles. The van der Waals surface area contributed by atoms with Crippen LogP contribution in [0.1, 0.15) is 13.8 Å². The minimum Gasteiger partial charge on any atom is -0.198 e. The summed E-state index contributed by atoms with van der Waals surface area (Å²) in [4.78, 5) is 0.344. The third-order valence-electron chi connectivity index (χ3n) is 2.97. The van der Waals surface area contributed by atoms with Crippen molar-refractivity contribution in [1.82, 2.24) is 0 Å². The van der Waals surface area contributed by atoms with Crippen molar-refractivity contribution in [2.24, 2.45) is 0 Å². The third kappa shape index (κ3) is 1.41. The molecular formula is C11H12NO2S+. The van der Waals surface area contributed by atoms with Crippen molar-refractivity contribution >= 4 is 20.9 Å². The molecule has 0 unspecified atom stereocenters. The maximum atomic E-state index is 10.8. The molecule has 0 saturated carbocycles. The van der Waals surface area contributed by atoms with Gasteiger partial charge in [-0.25, -0.2) is 0 Å². The monoisotopic (exact) mass is 222 g/mol. The molecule has 0 aromatic carbocycles. The minimum atomic E-state index is -2.15. The zero-order valence-electron chi connectivity index (χ0n) is 8.90. The topological polar surface area (TPSA) is 37.1 Å². The molecule has 78 valence electrons. The molecule has 0 fully saturated rings. The Morgan fingerprint density at radius 2 is 1.87 bits per heavy atom. The average Bonchev–Trinajstić information content (AvgIpc) is 2.44. The van der Waals surface area contributed by atoms with E-state index in [1.807, 2.05) is 27.0 Å². The van der Waals surface area contributed by atoms with Gasteiger partial charge in [0.15, 0.2) is 5.70 Å². The molecule has 0 N–H and O–H groups in total. The van der Waals surface area contributed by atoms with Crippen LogP contribution in [-0.4, -0.2) is 30.6 Å². The van der Waals surface area contributed by atoms with E-state index in [0.29, 0.717) is 4.86 Å². The second kappa shape index (κ2) is 3.31. The van der Waals surface area contributed by atoms with E-state index in [1.165, 1.54) is 5.70 Å². The first-order valence-corrected chi connectivity index (χ1v) is 5.74. The van der Waals surface area contributed by atoms with Crippen LogP contribution in [0.3, 0.4) is 0 Å². The molecule has 15 heavy (non-hydrogen) atoms. The van der Waals surface area contributed by atoms with E-state index in [0.717, 1.165) is 16.9 Å². The molecule has 3 nitrogen and oxygen atoms in total. The van der Waals surface area contributed by atoms with Crippen LogP contribution in [0.15, 0.2) is 35.1 Å². The molecule has 1 aliphatic heterocycles. The van der Waals surface area contributed by atoms with Crippen molar-refractivity contribution in [3.63, 3.8) is 0 Å². The molecule has 1 heterocycles. The predicted molar refractivity (Wildman–Crippen MR) is 60.7 cm³/mol. The summed E-state index contributed by atoms with van der Waals surface area (Å²) in [6.07, 6.45) is 5.20. The summed E-state index contributed by atoms with van der Waals surface area (Å²) < 4.78 is 23.8. The molecule has 0 atom stereocenters. The summed E-state index contributed by atoms with van der Waals surface area (Å²) in [5, 5.41) is 0. The molecule has 0 amide bonds. The van der Waals surface area contributed by atoms with Crippen molar-refractivity contribution in [1.29, 1.82) is 0 Å². The number of rotatable bonds is 0. The fraction of sp³-hybridized carbons (Fsp3) is 0.273. The van der Waals surface area contributed by atoms with Gasteiger partial charge in [0.25, 0.3) is 0 Å². The van der Waals surface area contributed by atoms with Crippen molar-refractivity contribution in [2.75, 3.05) is 7.05 Å². The Kier molecular flexibility index (Phi) is 2.23. The summed E-state index contributed by atoms with van der Waals surface area (Å²) in [5.41, 5.74) is 4.38. The van der Waals surface area contributed by atoms with E-state index in [-0.39, 0.29) is 0 Å². The number of fused-ring (bicyclic) bond motifs is 1. The first kappa shape index (κ1) is 10.1. The van der Waals surface area contributed by atoms with Gasteiger partial charge in [0, 0.05) is 18.6 Å². The highest BCUT2D eigenvalue weighted by Gasteiger charge is 2.30. The Bertz CT molecular complexity index is 590. The number of allylic oxidation sites excluding steroid dienone is 6. The Balaban J connectivity index is 2.71. The van der Waals surface area contributed by atoms with Gasteiger partial charge in [0.1, 0.15) is 7.05 Å². The zero-order chi connectivity index (χ0) is 11.2. The highest BCUT2D eigenvalue weighted by Crippen LogP contribution is 2.26. The Morgan fingerprint density at radius 1 is 1.20 bits per heavy atom. The SMILES string of the molecule is CC1=C(C)[N+](C)=C2C=CC(=S(=O)=O)C=C12. The Hall–Kier alpha value is -1.42. The molecule has 0 spiro atoms. The lowest BCUT2D eigenvalue weighted by Gasteiger charge is -2.01. The maximum absolute atomic E-state index is 10.8. The van der Waals surface area contributed by atoms with Crippen molar-refractivity contribution in [3.8, 4) is 0 Å². The number of hydrogen-bond acceptors (Lipinski definition) is 2. The van der Waals surface area contributed by atoms with Crippen LogP contribution >= 0.6 is 0 Å². The molecule has 1 aliphatic carbocycles. The molecule has 0 aromatic rings. The van der Waals surface area contributed by atoms with Crippen LogP contribution in [0.2, 0.25) is 0 Å². The average molecular weight is 222 g/mol. The Morgan fingerprint density at radius 3 is 2.47 bits per heavy atom. The van der Waals surface area contributed by atoms with Gasteiger partial charge in [-0.15, -0.1) is 0 Å². The Labute approximate surface area is 90.3 Å². The van der Waals surface area contributed by atoms with E-state index in [2.05, 4.69) is 4.58 Å². The van der Waals surface area contributed by atoms with Gasteiger partial charge in [-0.05, 0) is 19.1 Å². The van der Waals surface area contributed by atoms with E-state index in [1.54, 1.807) is 12.2 Å². The number of nitrogens with zero attached hydrogens (tertiary/aromatic N) is 1. The lowest BCUT2D eigenvalue weighted by Crippen LogP contribution is -2.13. The highest BCUT2D eigenvalue weighted by molar-refractivity contribution is 7.73. The zero-order valence-corrected chi connectivity index (χ0v) is 9.72. The van der Waals surface area contributed by atoms with Gasteiger partial charge in [0.2, 0.25) is 16.0 Å². The molecular weight excluding hydrogens is 210 g/mol. The lowest BCUT2D eigenvalue weighted by molar-refractivity contribution is -0.439. The van der Waals surface area contributed by atoms with Crippen molar-refractivity contribution in [3.05, 3.63) is 35.1 Å². The fourth-order valence-electron chi connectivity index (χ4n) is 1.84. The lowest BCUT2D eigenvalue weighted by atomic mass is 9.99. The smallest absolute Gasteiger partial charge is 0.198 e. The van der Waals surface area contributed by atoms with Crippen LogP contribution < -0.4 is 0 Å². The quantitative estimate of drug-likeness (QED) is 0.451. The molecule has 0 aromatic heterocycles. The van der Waals surface area contributed by atoms with Gasteiger partial charge in [0.05, 0.1) is 10.4 Å². The van der Waals surface area contributed by atoms with Crippen molar-refractivity contribution < 1.29 is 13.0 Å². The molecule has 0 radical (unpaired) electrons. The van der Waals surface area contributed by atoms with E-state index in [9.17, 15) is 8.42 Å². The van der Waals surface area contributed by atoms with Crippen LogP contribution in [-0.2, 0) is 10.3 Å². The fourth-order valence-corrected chi connectivity index (χ4v) is 2.23. The molecule has 0 bridgehead atoms. The summed E-state index contributed by atoms with van der Waals surface area (Å²) in [6, 6.07) is 0. The van der Waals surface area contributed by atoms with Crippen LogP contribution in [0.25, 0.3) is 0 Å². The number of hydrogen-bond donors (Lipinski definition) is 0. The van der Waals surface area contributed by atoms with Gasteiger partial charge >= 0.3 is 0 Å². The van der Waals surface area contributed by atoms with Crippen LogP contribution in [0.4, 0.5) is 0 Å². The second-order valence-electron chi connectivity index (χ2n) is 3.68. The third-order valence-corrected chi connectivity index (χ3v) is 3.61. The van der Waals surface area contributed by atoms with Gasteiger partial charge in [-0.3, -0.25) is 0 Å². The van der Waals surface area contributed by atoms with Crippen LogP contribution in [0.5, 0.6) is 0 Å². The van der Waals surface area contributed by atoms with E-state index < -0.39 is 10.3 Å².